The SMILES string of the molecule is COc1cc2ncnc([C@H]3CC[C@@H](CCP(=O)(O)O)CC3)c2cc1OC. The van der Waals surface area contributed by atoms with E-state index in [0.29, 0.717) is 29.8 Å². The van der Waals surface area contributed by atoms with Gasteiger partial charge in [0.05, 0.1) is 31.6 Å². The molecule has 0 spiro atoms. The molecule has 0 bridgehead atoms. The highest BCUT2D eigenvalue weighted by molar-refractivity contribution is 7.51. The van der Waals surface area contributed by atoms with Crippen LogP contribution in [0.2, 0.25) is 0 Å². The lowest BCUT2D eigenvalue weighted by molar-refractivity contribution is 0.307. The number of methoxy groups -OCH3 is 2. The van der Waals surface area contributed by atoms with Gasteiger partial charge in [0.2, 0.25) is 0 Å². The van der Waals surface area contributed by atoms with Crippen LogP contribution >= 0.6 is 7.60 Å². The van der Waals surface area contributed by atoms with Crippen LogP contribution in [0.1, 0.15) is 43.7 Å². The lowest BCUT2D eigenvalue weighted by Gasteiger charge is -2.28. The van der Waals surface area contributed by atoms with Crippen molar-refractivity contribution in [2.45, 2.75) is 38.0 Å². The summed E-state index contributed by atoms with van der Waals surface area (Å²) in [5, 5.41) is 0.976. The van der Waals surface area contributed by atoms with E-state index in [2.05, 4.69) is 9.97 Å². The van der Waals surface area contributed by atoms with Crippen LogP contribution in [0.15, 0.2) is 18.5 Å². The molecular weight excluding hydrogens is 355 g/mol. The van der Waals surface area contributed by atoms with Crippen LogP contribution in [-0.4, -0.2) is 40.1 Å². The first-order valence-corrected chi connectivity index (χ1v) is 10.6. The maximum absolute atomic E-state index is 11.1. The second-order valence-electron chi connectivity index (χ2n) is 6.88. The van der Waals surface area contributed by atoms with Crippen LogP contribution in [0.4, 0.5) is 0 Å². The van der Waals surface area contributed by atoms with Gasteiger partial charge in [-0.25, -0.2) is 9.97 Å². The first kappa shape index (κ1) is 19.1. The lowest BCUT2D eigenvalue weighted by Crippen LogP contribution is -2.16. The Kier molecular flexibility index (Phi) is 5.80. The van der Waals surface area contributed by atoms with Gasteiger partial charge in [-0.3, -0.25) is 4.57 Å². The third kappa shape index (κ3) is 4.34. The Morgan fingerprint density at radius 1 is 1.08 bits per heavy atom. The number of ether oxygens (including phenoxy) is 2. The first-order chi connectivity index (χ1) is 12.4. The van der Waals surface area contributed by atoms with Crippen molar-refractivity contribution < 1.29 is 23.8 Å². The summed E-state index contributed by atoms with van der Waals surface area (Å²) in [6.45, 7) is 0. The third-order valence-corrected chi connectivity index (χ3v) is 6.07. The van der Waals surface area contributed by atoms with Crippen LogP contribution < -0.4 is 9.47 Å². The molecule has 1 aliphatic carbocycles. The fourth-order valence-corrected chi connectivity index (χ4v) is 4.51. The third-order valence-electron chi connectivity index (χ3n) is 5.23. The quantitative estimate of drug-likeness (QED) is 0.740. The molecule has 0 atom stereocenters. The molecule has 1 fully saturated rings. The summed E-state index contributed by atoms with van der Waals surface area (Å²) in [5.41, 5.74) is 1.85. The van der Waals surface area contributed by atoms with Gasteiger partial charge in [-0.05, 0) is 44.1 Å². The topological polar surface area (TPSA) is 102 Å². The Labute approximate surface area is 152 Å². The van der Waals surface area contributed by atoms with Crippen molar-refractivity contribution in [3.8, 4) is 11.5 Å². The van der Waals surface area contributed by atoms with Crippen LogP contribution in [0.3, 0.4) is 0 Å². The van der Waals surface area contributed by atoms with E-state index in [1.54, 1.807) is 20.5 Å². The van der Waals surface area contributed by atoms with Crippen LogP contribution in [0.25, 0.3) is 10.9 Å². The van der Waals surface area contributed by atoms with Crippen LogP contribution in [-0.2, 0) is 4.57 Å². The second kappa shape index (κ2) is 7.91. The molecule has 142 valence electrons. The van der Waals surface area contributed by atoms with E-state index in [-0.39, 0.29) is 6.16 Å². The summed E-state index contributed by atoms with van der Waals surface area (Å²) >= 11 is 0. The van der Waals surface area contributed by atoms with Crippen molar-refractivity contribution in [1.82, 2.24) is 9.97 Å². The maximum atomic E-state index is 11.1. The molecule has 1 aliphatic rings. The van der Waals surface area contributed by atoms with E-state index in [0.717, 1.165) is 42.3 Å². The summed E-state index contributed by atoms with van der Waals surface area (Å²) in [4.78, 5) is 27.0. The number of hydrogen-bond acceptors (Lipinski definition) is 5. The van der Waals surface area contributed by atoms with E-state index in [9.17, 15) is 4.57 Å². The number of benzene rings is 1. The Morgan fingerprint density at radius 3 is 2.35 bits per heavy atom. The first-order valence-electron chi connectivity index (χ1n) is 8.82. The van der Waals surface area contributed by atoms with Gasteiger partial charge in [0, 0.05) is 17.4 Å². The van der Waals surface area contributed by atoms with Gasteiger partial charge in [-0.2, -0.15) is 0 Å². The monoisotopic (exact) mass is 380 g/mol. The molecular formula is C18H25N2O5P. The average Bonchev–Trinajstić information content (AvgIpc) is 2.64. The summed E-state index contributed by atoms with van der Waals surface area (Å²) in [6.07, 6.45) is 6.01. The predicted molar refractivity (Wildman–Crippen MR) is 98.9 cm³/mol. The molecule has 0 radical (unpaired) electrons. The highest BCUT2D eigenvalue weighted by atomic mass is 31.2. The van der Waals surface area contributed by atoms with Crippen LogP contribution in [0, 0.1) is 5.92 Å². The number of fused-ring (bicyclic) bond motifs is 1. The molecule has 7 nitrogen and oxygen atoms in total. The molecule has 2 aromatic rings. The van der Waals surface area contributed by atoms with Gasteiger partial charge in [-0.15, -0.1) is 0 Å². The van der Waals surface area contributed by atoms with E-state index in [4.69, 9.17) is 19.3 Å². The summed E-state index contributed by atoms with van der Waals surface area (Å²) in [6, 6.07) is 3.80. The van der Waals surface area contributed by atoms with E-state index < -0.39 is 7.60 Å². The Balaban J connectivity index is 1.78. The fraction of sp³-hybridized carbons (Fsp3) is 0.556. The van der Waals surface area contributed by atoms with E-state index >= 15 is 0 Å². The average molecular weight is 380 g/mol. The smallest absolute Gasteiger partial charge is 0.325 e. The van der Waals surface area contributed by atoms with Crippen molar-refractivity contribution in [2.24, 2.45) is 5.92 Å². The minimum Gasteiger partial charge on any atom is -0.493 e. The minimum atomic E-state index is -3.90. The molecule has 0 aliphatic heterocycles. The van der Waals surface area contributed by atoms with Gasteiger partial charge < -0.3 is 19.3 Å². The van der Waals surface area contributed by atoms with Crippen LogP contribution in [0.5, 0.6) is 11.5 Å². The molecule has 1 saturated carbocycles. The fourth-order valence-electron chi connectivity index (χ4n) is 3.80. The molecule has 0 unspecified atom stereocenters. The molecule has 1 heterocycles. The molecule has 3 rings (SSSR count). The van der Waals surface area contributed by atoms with Gasteiger partial charge in [0.15, 0.2) is 11.5 Å². The van der Waals surface area contributed by atoms with E-state index in [1.807, 2.05) is 12.1 Å². The maximum Gasteiger partial charge on any atom is 0.325 e. The zero-order valence-corrected chi connectivity index (χ0v) is 16.0. The zero-order chi connectivity index (χ0) is 18.7. The Hall–Kier alpha value is -1.69. The Bertz CT molecular complexity index is 815. The number of aromatic nitrogens is 2. The standard InChI is InChI=1S/C18H25N2O5P/c1-24-16-9-14-15(10-17(16)25-2)19-11-20-18(14)13-5-3-12(4-6-13)7-8-26(21,22)23/h9-13H,3-8H2,1-2H3,(H2,21,22,23)/t12-,13+. The summed E-state index contributed by atoms with van der Waals surface area (Å²) in [5.74, 6) is 2.00. The molecule has 1 aromatic heterocycles. The highest BCUT2D eigenvalue weighted by Gasteiger charge is 2.27. The molecule has 0 saturated heterocycles. The zero-order valence-electron chi connectivity index (χ0n) is 15.1. The van der Waals surface area contributed by atoms with Gasteiger partial charge in [0.25, 0.3) is 0 Å². The normalized spacial score (nSPS) is 20.9. The number of hydrogen-bond donors (Lipinski definition) is 2. The van der Waals surface area contributed by atoms with Crippen molar-refractivity contribution in [3.05, 3.63) is 24.2 Å². The molecule has 1 aromatic carbocycles. The van der Waals surface area contributed by atoms with Gasteiger partial charge in [-0.1, -0.05) is 0 Å². The highest BCUT2D eigenvalue weighted by Crippen LogP contribution is 2.43. The summed E-state index contributed by atoms with van der Waals surface area (Å²) < 4.78 is 21.8. The van der Waals surface area contributed by atoms with Crippen molar-refractivity contribution in [3.63, 3.8) is 0 Å². The summed E-state index contributed by atoms with van der Waals surface area (Å²) in [7, 11) is -0.689. The number of nitrogens with zero attached hydrogens (tertiary/aromatic N) is 2. The second-order valence-corrected chi connectivity index (χ2v) is 8.65. The van der Waals surface area contributed by atoms with Crippen molar-refractivity contribution >= 4 is 18.5 Å². The molecule has 26 heavy (non-hydrogen) atoms. The lowest BCUT2D eigenvalue weighted by atomic mass is 9.78. The van der Waals surface area contributed by atoms with Crippen molar-refractivity contribution in [1.29, 1.82) is 0 Å². The molecule has 8 heteroatoms. The molecule has 0 amide bonds. The predicted octanol–water partition coefficient (Wildman–Crippen LogP) is 3.49. The van der Waals surface area contributed by atoms with E-state index in [1.165, 1.54) is 0 Å². The largest absolute Gasteiger partial charge is 0.493 e. The minimum absolute atomic E-state index is 0.0181. The van der Waals surface area contributed by atoms with Crippen molar-refractivity contribution in [2.75, 3.05) is 20.4 Å². The number of rotatable bonds is 6. The molecule has 2 N–H and O–H groups in total. The Morgan fingerprint density at radius 2 is 1.73 bits per heavy atom. The van der Waals surface area contributed by atoms with Gasteiger partial charge >= 0.3 is 7.60 Å². The van der Waals surface area contributed by atoms with Gasteiger partial charge in [0.1, 0.15) is 6.33 Å².